The van der Waals surface area contributed by atoms with Crippen molar-refractivity contribution in [1.82, 2.24) is 16.0 Å². The average Bonchev–Trinajstić information content (AvgIpc) is 2.67. The average molecular weight is 349 g/mol. The van der Waals surface area contributed by atoms with Crippen LogP contribution in [0.2, 0.25) is 0 Å². The molecule has 4 nitrogen and oxygen atoms in total. The molecule has 0 aromatic rings. The van der Waals surface area contributed by atoms with Crippen molar-refractivity contribution in [2.75, 3.05) is 13.1 Å². The molecule has 0 heterocycles. The van der Waals surface area contributed by atoms with Gasteiger partial charge in [-0.1, -0.05) is 57.8 Å². The van der Waals surface area contributed by atoms with Gasteiger partial charge >= 0.3 is 0 Å². The van der Waals surface area contributed by atoms with Crippen LogP contribution in [0.3, 0.4) is 0 Å². The maximum absolute atomic E-state index is 4.93. The van der Waals surface area contributed by atoms with E-state index in [1.54, 1.807) is 0 Å². The standard InChI is InChI=1S/C21H40N4/c1-4-10-18(11-5-1)22-16-17-23-21(24-19-12-6-2-7-13-19)25-20-14-8-3-9-15-20/h18-20,22H,1-17H2,(H2,23,24,25). The smallest absolute Gasteiger partial charge is 0.191 e. The monoisotopic (exact) mass is 348 g/mol. The summed E-state index contributed by atoms with van der Waals surface area (Å²) < 4.78 is 0. The van der Waals surface area contributed by atoms with Gasteiger partial charge in [0.1, 0.15) is 0 Å². The summed E-state index contributed by atoms with van der Waals surface area (Å²) in [5, 5.41) is 11.2. The van der Waals surface area contributed by atoms with Crippen molar-refractivity contribution in [3.63, 3.8) is 0 Å². The zero-order valence-electron chi connectivity index (χ0n) is 16.2. The molecule has 0 radical (unpaired) electrons. The number of rotatable bonds is 6. The molecule has 0 aromatic carbocycles. The van der Waals surface area contributed by atoms with Gasteiger partial charge in [0.25, 0.3) is 0 Å². The molecule has 144 valence electrons. The first kappa shape index (κ1) is 19.0. The highest BCUT2D eigenvalue weighted by Gasteiger charge is 2.18. The Kier molecular flexibility index (Phi) is 8.40. The first-order valence-corrected chi connectivity index (χ1v) is 11.2. The van der Waals surface area contributed by atoms with Gasteiger partial charge in [0, 0.05) is 24.7 Å². The van der Waals surface area contributed by atoms with Gasteiger partial charge in [0.05, 0.1) is 6.54 Å². The predicted octanol–water partition coefficient (Wildman–Crippen LogP) is 4.11. The normalized spacial score (nSPS) is 24.0. The quantitative estimate of drug-likeness (QED) is 0.385. The van der Waals surface area contributed by atoms with Crippen LogP contribution in [0, 0.1) is 0 Å². The van der Waals surface area contributed by atoms with Crippen LogP contribution in [0.1, 0.15) is 96.3 Å². The third-order valence-electron chi connectivity index (χ3n) is 6.31. The van der Waals surface area contributed by atoms with E-state index in [1.807, 2.05) is 0 Å². The summed E-state index contributed by atoms with van der Waals surface area (Å²) in [7, 11) is 0. The molecule has 3 aliphatic carbocycles. The Hall–Kier alpha value is -0.770. The Bertz CT molecular complexity index is 355. The molecule has 3 fully saturated rings. The lowest BCUT2D eigenvalue weighted by atomic mass is 9.95. The number of nitrogens with zero attached hydrogens (tertiary/aromatic N) is 1. The van der Waals surface area contributed by atoms with E-state index in [1.165, 1.54) is 96.3 Å². The third kappa shape index (κ3) is 7.16. The molecule has 0 amide bonds. The SMILES string of the molecule is C1CCC(NCCN=C(NC2CCCCC2)NC2CCCCC2)CC1. The number of nitrogens with one attached hydrogen (secondary N) is 3. The minimum Gasteiger partial charge on any atom is -0.354 e. The summed E-state index contributed by atoms with van der Waals surface area (Å²) in [4.78, 5) is 4.93. The molecule has 3 aliphatic rings. The number of hydrogen-bond donors (Lipinski definition) is 3. The van der Waals surface area contributed by atoms with Crippen LogP contribution in [-0.2, 0) is 0 Å². The molecular weight excluding hydrogens is 308 g/mol. The van der Waals surface area contributed by atoms with Gasteiger partial charge in [0.15, 0.2) is 5.96 Å². The van der Waals surface area contributed by atoms with Crippen LogP contribution in [-0.4, -0.2) is 37.2 Å². The van der Waals surface area contributed by atoms with Gasteiger partial charge in [-0.3, -0.25) is 4.99 Å². The second-order valence-electron chi connectivity index (χ2n) is 8.48. The summed E-state index contributed by atoms with van der Waals surface area (Å²) in [6.45, 7) is 1.91. The molecule has 0 spiro atoms. The molecule has 3 rings (SSSR count). The van der Waals surface area contributed by atoms with Gasteiger partial charge < -0.3 is 16.0 Å². The van der Waals surface area contributed by atoms with E-state index in [9.17, 15) is 0 Å². The molecule has 0 bridgehead atoms. The van der Waals surface area contributed by atoms with Crippen LogP contribution in [0.25, 0.3) is 0 Å². The van der Waals surface area contributed by atoms with E-state index in [0.29, 0.717) is 12.1 Å². The Morgan fingerprint density at radius 1 is 0.600 bits per heavy atom. The first-order chi connectivity index (χ1) is 12.4. The third-order valence-corrected chi connectivity index (χ3v) is 6.31. The number of guanidine groups is 1. The fourth-order valence-corrected chi connectivity index (χ4v) is 4.76. The van der Waals surface area contributed by atoms with Gasteiger partial charge in [-0.15, -0.1) is 0 Å². The molecule has 4 heteroatoms. The molecule has 0 atom stereocenters. The van der Waals surface area contributed by atoms with Crippen LogP contribution < -0.4 is 16.0 Å². The maximum atomic E-state index is 4.93. The van der Waals surface area contributed by atoms with E-state index in [4.69, 9.17) is 4.99 Å². The van der Waals surface area contributed by atoms with Crippen LogP contribution in [0.4, 0.5) is 0 Å². The zero-order valence-corrected chi connectivity index (χ0v) is 16.2. The maximum Gasteiger partial charge on any atom is 0.191 e. The minimum absolute atomic E-state index is 0.634. The molecule has 0 saturated heterocycles. The first-order valence-electron chi connectivity index (χ1n) is 11.2. The Morgan fingerprint density at radius 2 is 1.04 bits per heavy atom. The minimum atomic E-state index is 0.634. The molecule has 25 heavy (non-hydrogen) atoms. The lowest BCUT2D eigenvalue weighted by Crippen LogP contribution is -2.48. The van der Waals surface area contributed by atoms with Crippen molar-refractivity contribution in [2.45, 2.75) is 114 Å². The van der Waals surface area contributed by atoms with E-state index >= 15 is 0 Å². The van der Waals surface area contributed by atoms with Crippen molar-refractivity contribution in [1.29, 1.82) is 0 Å². The fourth-order valence-electron chi connectivity index (χ4n) is 4.76. The fraction of sp³-hybridized carbons (Fsp3) is 0.952. The molecule has 0 aromatic heterocycles. The molecule has 0 unspecified atom stereocenters. The van der Waals surface area contributed by atoms with Crippen molar-refractivity contribution >= 4 is 5.96 Å². The second kappa shape index (κ2) is 11.1. The lowest BCUT2D eigenvalue weighted by molar-refractivity contribution is 0.375. The second-order valence-corrected chi connectivity index (χ2v) is 8.48. The predicted molar refractivity (Wildman–Crippen MR) is 107 cm³/mol. The number of aliphatic imine (C=N–C) groups is 1. The van der Waals surface area contributed by atoms with Crippen molar-refractivity contribution in [2.24, 2.45) is 4.99 Å². The highest BCUT2D eigenvalue weighted by molar-refractivity contribution is 5.80. The van der Waals surface area contributed by atoms with Gasteiger partial charge in [-0.2, -0.15) is 0 Å². The molecule has 0 aliphatic heterocycles. The van der Waals surface area contributed by atoms with Crippen LogP contribution in [0.5, 0.6) is 0 Å². The molecule has 3 saturated carbocycles. The largest absolute Gasteiger partial charge is 0.354 e. The van der Waals surface area contributed by atoms with Crippen molar-refractivity contribution < 1.29 is 0 Å². The Labute approximate surface area is 155 Å². The van der Waals surface area contributed by atoms with Crippen molar-refractivity contribution in [3.8, 4) is 0 Å². The lowest BCUT2D eigenvalue weighted by Gasteiger charge is -2.29. The van der Waals surface area contributed by atoms with Gasteiger partial charge in [-0.05, 0) is 38.5 Å². The number of hydrogen-bond acceptors (Lipinski definition) is 2. The summed E-state index contributed by atoms with van der Waals surface area (Å²) in [5.41, 5.74) is 0. The highest BCUT2D eigenvalue weighted by atomic mass is 15.2. The van der Waals surface area contributed by atoms with E-state index in [0.717, 1.165) is 25.1 Å². The van der Waals surface area contributed by atoms with Gasteiger partial charge in [0.2, 0.25) is 0 Å². The summed E-state index contributed by atoms with van der Waals surface area (Å²) in [6, 6.07) is 2.01. The Balaban J connectivity index is 1.44. The van der Waals surface area contributed by atoms with E-state index in [2.05, 4.69) is 16.0 Å². The summed E-state index contributed by atoms with van der Waals surface area (Å²) in [6.07, 6.45) is 20.5. The topological polar surface area (TPSA) is 48.5 Å². The molecular formula is C21H40N4. The summed E-state index contributed by atoms with van der Waals surface area (Å²) >= 11 is 0. The van der Waals surface area contributed by atoms with Crippen LogP contribution in [0.15, 0.2) is 4.99 Å². The molecule has 3 N–H and O–H groups in total. The van der Waals surface area contributed by atoms with E-state index in [-0.39, 0.29) is 0 Å². The van der Waals surface area contributed by atoms with Gasteiger partial charge in [-0.25, -0.2) is 0 Å². The zero-order chi connectivity index (χ0) is 17.2. The summed E-state index contributed by atoms with van der Waals surface area (Å²) in [5.74, 6) is 1.09. The highest BCUT2D eigenvalue weighted by Crippen LogP contribution is 2.19. The van der Waals surface area contributed by atoms with E-state index < -0.39 is 0 Å². The van der Waals surface area contributed by atoms with Crippen LogP contribution >= 0.6 is 0 Å². The Morgan fingerprint density at radius 3 is 1.52 bits per heavy atom. The van der Waals surface area contributed by atoms with Crippen molar-refractivity contribution in [3.05, 3.63) is 0 Å².